The van der Waals surface area contributed by atoms with E-state index in [1.165, 1.54) is 0 Å². The fourth-order valence-corrected chi connectivity index (χ4v) is 4.14. The van der Waals surface area contributed by atoms with Gasteiger partial charge in [0.2, 0.25) is 0 Å². The number of rotatable bonds is 4. The van der Waals surface area contributed by atoms with Crippen molar-refractivity contribution in [3.8, 4) is 0 Å². The Morgan fingerprint density at radius 3 is 2.85 bits per heavy atom. The minimum absolute atomic E-state index is 0.0243. The minimum atomic E-state index is 0.0243. The van der Waals surface area contributed by atoms with Crippen LogP contribution in [0, 0.1) is 0 Å². The van der Waals surface area contributed by atoms with Crippen molar-refractivity contribution in [1.29, 1.82) is 0 Å². The van der Waals surface area contributed by atoms with E-state index in [1.807, 2.05) is 23.1 Å². The fraction of sp³-hybridized carbons (Fsp3) is 0.125. The molecule has 162 valence electrons. The molecule has 1 amide bonds. The number of aromatic nitrogens is 6. The molecule has 0 bridgehead atoms. The summed E-state index contributed by atoms with van der Waals surface area (Å²) in [5, 5.41) is 12.4. The molecule has 9 heteroatoms. The molecular formula is C24H20N8O. The summed E-state index contributed by atoms with van der Waals surface area (Å²) in [4.78, 5) is 30.8. The molecule has 0 saturated carbocycles. The Hall–Kier alpha value is -4.53. The molecule has 33 heavy (non-hydrogen) atoms. The van der Waals surface area contributed by atoms with Crippen LogP contribution in [-0.2, 0) is 0 Å². The number of pyridine rings is 1. The first kappa shape index (κ1) is 19.2. The maximum atomic E-state index is 12.7. The Morgan fingerprint density at radius 2 is 2.00 bits per heavy atom. The number of aromatic amines is 2. The van der Waals surface area contributed by atoms with Gasteiger partial charge in [-0.25, -0.2) is 9.97 Å². The summed E-state index contributed by atoms with van der Waals surface area (Å²) in [5.41, 5.74) is 5.49. The lowest BCUT2D eigenvalue weighted by molar-refractivity contribution is 0.0772. The van der Waals surface area contributed by atoms with Gasteiger partial charge in [0.1, 0.15) is 17.8 Å². The second-order valence-corrected chi connectivity index (χ2v) is 7.93. The van der Waals surface area contributed by atoms with Crippen molar-refractivity contribution in [2.45, 2.75) is 6.42 Å². The Labute approximate surface area is 188 Å². The lowest BCUT2D eigenvalue weighted by atomic mass is 10.0. The molecule has 3 N–H and O–H groups in total. The zero-order chi connectivity index (χ0) is 22.2. The van der Waals surface area contributed by atoms with Crippen LogP contribution in [-0.4, -0.2) is 54.0 Å². The summed E-state index contributed by atoms with van der Waals surface area (Å²) in [6.45, 7) is 1.22. The van der Waals surface area contributed by atoms with Crippen LogP contribution in [0.5, 0.6) is 0 Å². The SMILES string of the molecule is O=C(c1ccncc1)N1CC=C(c2cc3c(Nc4ccc5[nH]ncc5c4)ncnc3[nH]2)CC1. The van der Waals surface area contributed by atoms with Crippen LogP contribution in [0.3, 0.4) is 0 Å². The van der Waals surface area contributed by atoms with Gasteiger partial charge >= 0.3 is 0 Å². The van der Waals surface area contributed by atoms with Crippen molar-refractivity contribution in [2.24, 2.45) is 0 Å². The van der Waals surface area contributed by atoms with Crippen LogP contribution in [0.25, 0.3) is 27.5 Å². The van der Waals surface area contributed by atoms with Gasteiger partial charge in [0.05, 0.1) is 17.1 Å². The molecular weight excluding hydrogens is 416 g/mol. The third-order valence-corrected chi connectivity index (χ3v) is 5.90. The predicted molar refractivity (Wildman–Crippen MR) is 126 cm³/mol. The summed E-state index contributed by atoms with van der Waals surface area (Å²) in [6.07, 6.45) is 9.48. The third kappa shape index (κ3) is 3.59. The van der Waals surface area contributed by atoms with Gasteiger partial charge in [-0.05, 0) is 48.4 Å². The van der Waals surface area contributed by atoms with Crippen molar-refractivity contribution in [3.63, 3.8) is 0 Å². The highest BCUT2D eigenvalue weighted by atomic mass is 16.2. The normalized spacial score (nSPS) is 13.9. The van der Waals surface area contributed by atoms with Gasteiger partial charge in [0.25, 0.3) is 5.91 Å². The van der Waals surface area contributed by atoms with E-state index in [2.05, 4.69) is 47.6 Å². The standard InChI is InChI=1S/C24H20N8O/c33-24(16-3-7-25-8-4-16)32-9-5-15(6-10-32)21-12-19-22(26-14-27-23(19)30-21)29-18-1-2-20-17(11-18)13-28-31-20/h1-5,7-8,11-14H,6,9-10H2,(H,28,31)(H2,26,27,29,30). The van der Waals surface area contributed by atoms with E-state index in [4.69, 9.17) is 0 Å². The number of nitrogens with zero attached hydrogens (tertiary/aromatic N) is 5. The van der Waals surface area contributed by atoms with E-state index in [1.54, 1.807) is 37.1 Å². The first-order valence-corrected chi connectivity index (χ1v) is 10.7. The molecule has 0 radical (unpaired) electrons. The van der Waals surface area contributed by atoms with Crippen LogP contribution in [0.1, 0.15) is 22.5 Å². The molecule has 0 spiro atoms. The van der Waals surface area contributed by atoms with E-state index in [-0.39, 0.29) is 5.91 Å². The maximum absolute atomic E-state index is 12.7. The largest absolute Gasteiger partial charge is 0.340 e. The van der Waals surface area contributed by atoms with Gasteiger partial charge in [0.15, 0.2) is 0 Å². The van der Waals surface area contributed by atoms with Crippen molar-refractivity contribution < 1.29 is 4.79 Å². The molecule has 1 aliphatic rings. The summed E-state index contributed by atoms with van der Waals surface area (Å²) in [5.74, 6) is 0.757. The Bertz CT molecular complexity index is 1500. The fourth-order valence-electron chi connectivity index (χ4n) is 4.14. The molecule has 9 nitrogen and oxygen atoms in total. The average Bonchev–Trinajstić information content (AvgIpc) is 3.52. The molecule has 1 aromatic carbocycles. The Balaban J connectivity index is 1.24. The van der Waals surface area contributed by atoms with Crippen LogP contribution in [0.2, 0.25) is 0 Å². The van der Waals surface area contributed by atoms with Crippen molar-refractivity contribution in [3.05, 3.63) is 78.6 Å². The zero-order valence-corrected chi connectivity index (χ0v) is 17.6. The number of carbonyl (C=O) groups excluding carboxylic acids is 1. The Kier molecular flexibility index (Phi) is 4.57. The molecule has 5 aromatic rings. The summed E-state index contributed by atoms with van der Waals surface area (Å²) in [7, 11) is 0. The highest BCUT2D eigenvalue weighted by molar-refractivity contribution is 5.95. The number of anilines is 2. The first-order valence-electron chi connectivity index (χ1n) is 10.7. The molecule has 0 fully saturated rings. The van der Waals surface area contributed by atoms with E-state index >= 15 is 0 Å². The maximum Gasteiger partial charge on any atom is 0.254 e. The molecule has 5 heterocycles. The average molecular weight is 436 g/mol. The summed E-state index contributed by atoms with van der Waals surface area (Å²) < 4.78 is 0. The van der Waals surface area contributed by atoms with Crippen LogP contribution in [0.4, 0.5) is 11.5 Å². The number of nitrogens with one attached hydrogen (secondary N) is 3. The van der Waals surface area contributed by atoms with Crippen LogP contribution >= 0.6 is 0 Å². The van der Waals surface area contributed by atoms with Crippen LogP contribution in [0.15, 0.2) is 67.4 Å². The van der Waals surface area contributed by atoms with Gasteiger partial charge in [0, 0.05) is 47.8 Å². The minimum Gasteiger partial charge on any atom is -0.340 e. The molecule has 0 saturated heterocycles. The quantitative estimate of drug-likeness (QED) is 0.394. The van der Waals surface area contributed by atoms with E-state index < -0.39 is 0 Å². The summed E-state index contributed by atoms with van der Waals surface area (Å²) in [6, 6.07) is 11.6. The number of fused-ring (bicyclic) bond motifs is 2. The van der Waals surface area contributed by atoms with Gasteiger partial charge in [-0.2, -0.15) is 5.10 Å². The monoisotopic (exact) mass is 436 g/mol. The molecule has 0 atom stereocenters. The van der Waals surface area contributed by atoms with E-state index in [9.17, 15) is 4.79 Å². The number of amides is 1. The molecule has 1 aliphatic heterocycles. The number of hydrogen-bond donors (Lipinski definition) is 3. The summed E-state index contributed by atoms with van der Waals surface area (Å²) >= 11 is 0. The highest BCUT2D eigenvalue weighted by Crippen LogP contribution is 2.30. The van der Waals surface area contributed by atoms with Crippen LogP contribution < -0.4 is 5.32 Å². The highest BCUT2D eigenvalue weighted by Gasteiger charge is 2.20. The zero-order valence-electron chi connectivity index (χ0n) is 17.6. The second kappa shape index (κ2) is 7.86. The van der Waals surface area contributed by atoms with Gasteiger partial charge in [-0.3, -0.25) is 14.9 Å². The van der Waals surface area contributed by atoms with Crippen molar-refractivity contribution >= 4 is 44.9 Å². The third-order valence-electron chi connectivity index (χ3n) is 5.90. The number of carbonyl (C=O) groups is 1. The molecule has 6 rings (SSSR count). The topological polar surface area (TPSA) is 115 Å². The van der Waals surface area contributed by atoms with Gasteiger partial charge < -0.3 is 15.2 Å². The lowest BCUT2D eigenvalue weighted by Crippen LogP contribution is -2.34. The van der Waals surface area contributed by atoms with E-state index in [0.717, 1.165) is 51.1 Å². The first-order chi connectivity index (χ1) is 16.2. The number of H-pyrrole nitrogens is 2. The smallest absolute Gasteiger partial charge is 0.254 e. The van der Waals surface area contributed by atoms with E-state index in [0.29, 0.717) is 18.7 Å². The van der Waals surface area contributed by atoms with Gasteiger partial charge in [-0.1, -0.05) is 6.08 Å². The number of benzene rings is 1. The molecule has 4 aromatic heterocycles. The Morgan fingerprint density at radius 1 is 1.09 bits per heavy atom. The lowest BCUT2D eigenvalue weighted by Gasteiger charge is -2.26. The molecule has 0 unspecified atom stereocenters. The van der Waals surface area contributed by atoms with Crippen molar-refractivity contribution in [2.75, 3.05) is 18.4 Å². The van der Waals surface area contributed by atoms with Gasteiger partial charge in [-0.15, -0.1) is 0 Å². The predicted octanol–water partition coefficient (Wildman–Crippen LogP) is 3.90. The number of hydrogen-bond acceptors (Lipinski definition) is 6. The second-order valence-electron chi connectivity index (χ2n) is 7.93. The van der Waals surface area contributed by atoms with Crippen molar-refractivity contribution in [1.82, 2.24) is 35.0 Å². The molecule has 0 aliphatic carbocycles.